The van der Waals surface area contributed by atoms with E-state index in [2.05, 4.69) is 0 Å². The van der Waals surface area contributed by atoms with Gasteiger partial charge < -0.3 is 4.90 Å². The van der Waals surface area contributed by atoms with E-state index < -0.39 is 10.0 Å². The van der Waals surface area contributed by atoms with E-state index in [4.69, 9.17) is 0 Å². The summed E-state index contributed by atoms with van der Waals surface area (Å²) >= 11 is 0. The SMILES string of the molecule is CCS(=O)(=O)N1c2ccc(C(=O)N3CCCC3)cc2C[C@@H]1C. The van der Waals surface area contributed by atoms with Crippen LogP contribution in [0.3, 0.4) is 0 Å². The van der Waals surface area contributed by atoms with Gasteiger partial charge in [-0.2, -0.15) is 0 Å². The molecule has 0 radical (unpaired) electrons. The highest BCUT2D eigenvalue weighted by molar-refractivity contribution is 7.92. The first-order valence-electron chi connectivity index (χ1n) is 7.88. The maximum atomic E-state index is 12.5. The second kappa shape index (κ2) is 5.57. The molecule has 0 unspecified atom stereocenters. The van der Waals surface area contributed by atoms with Crippen molar-refractivity contribution in [2.24, 2.45) is 0 Å². The molecule has 0 aromatic heterocycles. The van der Waals surface area contributed by atoms with E-state index in [1.807, 2.05) is 17.9 Å². The van der Waals surface area contributed by atoms with E-state index in [0.717, 1.165) is 37.2 Å². The smallest absolute Gasteiger partial charge is 0.253 e. The van der Waals surface area contributed by atoms with Crippen molar-refractivity contribution >= 4 is 21.6 Å². The van der Waals surface area contributed by atoms with Crippen molar-refractivity contribution in [2.75, 3.05) is 23.1 Å². The van der Waals surface area contributed by atoms with Crippen LogP contribution in [0.2, 0.25) is 0 Å². The normalized spacial score (nSPS) is 21.3. The summed E-state index contributed by atoms with van der Waals surface area (Å²) in [7, 11) is -3.27. The number of likely N-dealkylation sites (tertiary alicyclic amines) is 1. The van der Waals surface area contributed by atoms with Gasteiger partial charge in [-0.3, -0.25) is 9.10 Å². The zero-order valence-electron chi connectivity index (χ0n) is 13.1. The largest absolute Gasteiger partial charge is 0.339 e. The molecule has 0 aliphatic carbocycles. The maximum Gasteiger partial charge on any atom is 0.253 e. The van der Waals surface area contributed by atoms with Crippen molar-refractivity contribution in [2.45, 2.75) is 39.2 Å². The van der Waals surface area contributed by atoms with Crippen LogP contribution in [0.1, 0.15) is 42.6 Å². The summed E-state index contributed by atoms with van der Waals surface area (Å²) in [6, 6.07) is 5.33. The Morgan fingerprint density at radius 3 is 2.59 bits per heavy atom. The topological polar surface area (TPSA) is 57.7 Å². The summed E-state index contributed by atoms with van der Waals surface area (Å²) in [5.74, 6) is 0.148. The predicted molar refractivity (Wildman–Crippen MR) is 86.7 cm³/mol. The van der Waals surface area contributed by atoms with E-state index >= 15 is 0 Å². The molecule has 3 rings (SSSR count). The molecule has 1 atom stereocenters. The van der Waals surface area contributed by atoms with Crippen LogP contribution in [0.5, 0.6) is 0 Å². The van der Waals surface area contributed by atoms with Crippen LogP contribution in [-0.4, -0.2) is 44.1 Å². The van der Waals surface area contributed by atoms with Crippen molar-refractivity contribution in [3.05, 3.63) is 29.3 Å². The van der Waals surface area contributed by atoms with Crippen molar-refractivity contribution in [3.63, 3.8) is 0 Å². The van der Waals surface area contributed by atoms with Crippen LogP contribution >= 0.6 is 0 Å². The molecular formula is C16H22N2O3S. The Balaban J connectivity index is 1.93. The summed E-state index contributed by atoms with van der Waals surface area (Å²) in [5, 5.41) is 0. The molecule has 0 saturated carbocycles. The lowest BCUT2D eigenvalue weighted by atomic mass is 10.1. The number of sulfonamides is 1. The number of benzene rings is 1. The second-order valence-corrected chi connectivity index (χ2v) is 8.23. The van der Waals surface area contributed by atoms with Gasteiger partial charge in [-0.05, 0) is 56.9 Å². The summed E-state index contributed by atoms with van der Waals surface area (Å²) in [5.41, 5.74) is 2.35. The standard InChI is InChI=1S/C16H22N2O3S/c1-3-22(20,21)18-12(2)10-14-11-13(6-7-15(14)18)16(19)17-8-4-5-9-17/h6-7,11-12H,3-5,8-10H2,1-2H3/t12-/m0/s1. The molecule has 0 bridgehead atoms. The number of nitrogens with zero attached hydrogens (tertiary/aromatic N) is 2. The minimum atomic E-state index is -3.27. The molecular weight excluding hydrogens is 300 g/mol. The number of carbonyl (C=O) groups excluding carboxylic acids is 1. The maximum absolute atomic E-state index is 12.5. The molecule has 0 N–H and O–H groups in total. The molecule has 0 spiro atoms. The summed E-state index contributed by atoms with van der Waals surface area (Å²) in [6.45, 7) is 5.21. The molecule has 6 heteroatoms. The van der Waals surface area contributed by atoms with Crippen molar-refractivity contribution in [1.29, 1.82) is 0 Å². The third kappa shape index (κ3) is 2.49. The van der Waals surface area contributed by atoms with Crippen LogP contribution in [0.25, 0.3) is 0 Å². The Hall–Kier alpha value is -1.56. The van der Waals surface area contributed by atoms with Gasteiger partial charge in [0.05, 0.1) is 11.4 Å². The van der Waals surface area contributed by atoms with Crippen LogP contribution in [-0.2, 0) is 16.4 Å². The van der Waals surface area contributed by atoms with E-state index in [0.29, 0.717) is 12.0 Å². The predicted octanol–water partition coefficient (Wildman–Crippen LogP) is 2.02. The summed E-state index contributed by atoms with van der Waals surface area (Å²) in [4.78, 5) is 14.3. The Morgan fingerprint density at radius 1 is 1.27 bits per heavy atom. The van der Waals surface area contributed by atoms with Crippen LogP contribution in [0.4, 0.5) is 5.69 Å². The van der Waals surface area contributed by atoms with Gasteiger partial charge in [0.2, 0.25) is 10.0 Å². The van der Waals surface area contributed by atoms with Crippen LogP contribution in [0, 0.1) is 0 Å². The Morgan fingerprint density at radius 2 is 1.95 bits per heavy atom. The third-order valence-electron chi connectivity index (χ3n) is 4.54. The van der Waals surface area contributed by atoms with Crippen molar-refractivity contribution in [1.82, 2.24) is 4.90 Å². The fourth-order valence-electron chi connectivity index (χ4n) is 3.40. The lowest BCUT2D eigenvalue weighted by Gasteiger charge is -2.23. The van der Waals surface area contributed by atoms with Crippen LogP contribution in [0.15, 0.2) is 18.2 Å². The van der Waals surface area contributed by atoms with Gasteiger partial charge >= 0.3 is 0 Å². The quantitative estimate of drug-likeness (QED) is 0.855. The third-order valence-corrected chi connectivity index (χ3v) is 6.42. The van der Waals surface area contributed by atoms with Gasteiger partial charge in [-0.25, -0.2) is 8.42 Å². The van der Waals surface area contributed by atoms with Gasteiger partial charge in [-0.1, -0.05) is 0 Å². The first-order valence-corrected chi connectivity index (χ1v) is 9.49. The number of hydrogen-bond donors (Lipinski definition) is 0. The first-order chi connectivity index (χ1) is 10.4. The number of hydrogen-bond acceptors (Lipinski definition) is 3. The number of fused-ring (bicyclic) bond motifs is 1. The molecule has 120 valence electrons. The van der Waals surface area contributed by atoms with Gasteiger partial charge in [0.15, 0.2) is 0 Å². The minimum Gasteiger partial charge on any atom is -0.339 e. The summed E-state index contributed by atoms with van der Waals surface area (Å²) < 4.78 is 26.0. The molecule has 22 heavy (non-hydrogen) atoms. The Labute approximate surface area is 132 Å². The Kier molecular flexibility index (Phi) is 3.89. The lowest BCUT2D eigenvalue weighted by molar-refractivity contribution is 0.0792. The monoisotopic (exact) mass is 322 g/mol. The summed E-state index contributed by atoms with van der Waals surface area (Å²) in [6.07, 6.45) is 2.79. The van der Waals surface area contributed by atoms with Crippen molar-refractivity contribution in [3.8, 4) is 0 Å². The van der Waals surface area contributed by atoms with E-state index in [9.17, 15) is 13.2 Å². The van der Waals surface area contributed by atoms with E-state index in [1.54, 1.807) is 19.1 Å². The highest BCUT2D eigenvalue weighted by Gasteiger charge is 2.34. The van der Waals surface area contributed by atoms with Gasteiger partial charge in [0.25, 0.3) is 5.91 Å². The highest BCUT2D eigenvalue weighted by atomic mass is 32.2. The molecule has 2 heterocycles. The second-order valence-electron chi connectivity index (χ2n) is 6.09. The zero-order valence-corrected chi connectivity index (χ0v) is 13.9. The molecule has 2 aliphatic heterocycles. The lowest BCUT2D eigenvalue weighted by Crippen LogP contribution is -2.36. The molecule has 1 fully saturated rings. The number of anilines is 1. The average molecular weight is 322 g/mol. The number of amides is 1. The highest BCUT2D eigenvalue weighted by Crippen LogP contribution is 2.35. The van der Waals surface area contributed by atoms with Gasteiger partial charge in [-0.15, -0.1) is 0 Å². The van der Waals surface area contributed by atoms with Crippen LogP contribution < -0.4 is 4.31 Å². The molecule has 1 amide bonds. The molecule has 1 aromatic rings. The number of carbonyl (C=O) groups is 1. The molecule has 1 aromatic carbocycles. The average Bonchev–Trinajstić information content (AvgIpc) is 3.12. The first kappa shape index (κ1) is 15.3. The number of rotatable bonds is 3. The zero-order chi connectivity index (χ0) is 15.9. The molecule has 1 saturated heterocycles. The van der Waals surface area contributed by atoms with Gasteiger partial charge in [0.1, 0.15) is 0 Å². The molecule has 5 nitrogen and oxygen atoms in total. The van der Waals surface area contributed by atoms with E-state index in [-0.39, 0.29) is 17.7 Å². The van der Waals surface area contributed by atoms with E-state index in [1.165, 1.54) is 4.31 Å². The fraction of sp³-hybridized carbons (Fsp3) is 0.562. The Bertz CT molecular complexity index is 693. The fourth-order valence-corrected chi connectivity index (χ4v) is 4.78. The molecule has 2 aliphatic rings. The van der Waals surface area contributed by atoms with Gasteiger partial charge in [0, 0.05) is 24.7 Å². The minimum absolute atomic E-state index is 0.0600. The van der Waals surface area contributed by atoms with Crippen molar-refractivity contribution < 1.29 is 13.2 Å².